The van der Waals surface area contributed by atoms with E-state index in [-0.39, 0.29) is 0 Å². The molecule has 0 atom stereocenters. The first-order chi connectivity index (χ1) is 7.74. The van der Waals surface area contributed by atoms with Gasteiger partial charge in [0.15, 0.2) is 11.5 Å². The number of nitrogens with one attached hydrogen (secondary N) is 1. The quantitative estimate of drug-likeness (QED) is 0.860. The molecule has 0 heterocycles. The summed E-state index contributed by atoms with van der Waals surface area (Å²) in [7, 11) is 3.21. The van der Waals surface area contributed by atoms with Crippen molar-refractivity contribution < 1.29 is 9.47 Å². The molecule has 0 unspecified atom stereocenters. The first kappa shape index (κ1) is 11.6. The Morgan fingerprint density at radius 3 is 2.62 bits per heavy atom. The fourth-order valence-corrected chi connectivity index (χ4v) is 1.93. The van der Waals surface area contributed by atoms with Gasteiger partial charge < -0.3 is 14.8 Å². The van der Waals surface area contributed by atoms with E-state index in [9.17, 15) is 0 Å². The van der Waals surface area contributed by atoms with Gasteiger partial charge in [-0.05, 0) is 30.5 Å². The molecule has 0 amide bonds. The summed E-state index contributed by atoms with van der Waals surface area (Å²) in [4.78, 5) is 0. The summed E-state index contributed by atoms with van der Waals surface area (Å²) in [5, 5.41) is 4.03. The largest absolute Gasteiger partial charge is 0.493 e. The van der Waals surface area contributed by atoms with Gasteiger partial charge in [0, 0.05) is 12.6 Å². The van der Waals surface area contributed by atoms with Crippen molar-refractivity contribution >= 4 is 11.6 Å². The molecule has 0 radical (unpaired) electrons. The molecule has 1 N–H and O–H groups in total. The van der Waals surface area contributed by atoms with Gasteiger partial charge in [-0.25, -0.2) is 0 Å². The molecule has 0 aliphatic heterocycles. The van der Waals surface area contributed by atoms with Crippen LogP contribution in [0.5, 0.6) is 11.5 Å². The molecule has 16 heavy (non-hydrogen) atoms. The topological polar surface area (TPSA) is 30.5 Å². The molecule has 1 aliphatic rings. The van der Waals surface area contributed by atoms with Crippen LogP contribution in [0.2, 0.25) is 5.02 Å². The van der Waals surface area contributed by atoms with Crippen molar-refractivity contribution in [2.75, 3.05) is 14.2 Å². The van der Waals surface area contributed by atoms with Crippen molar-refractivity contribution in [2.45, 2.75) is 25.4 Å². The standard InChI is InChI=1S/C12H16ClNO2/c1-15-11-6-8(7-14-9-3-4-9)5-10(13)12(11)16-2/h5-6,9,14H,3-4,7H2,1-2H3. The van der Waals surface area contributed by atoms with Crippen LogP contribution < -0.4 is 14.8 Å². The first-order valence-corrected chi connectivity index (χ1v) is 5.76. The van der Waals surface area contributed by atoms with Gasteiger partial charge in [0.1, 0.15) is 0 Å². The number of hydrogen-bond donors (Lipinski definition) is 1. The molecule has 1 aromatic rings. The second kappa shape index (κ2) is 4.93. The van der Waals surface area contributed by atoms with Crippen molar-refractivity contribution in [3.63, 3.8) is 0 Å². The predicted octanol–water partition coefficient (Wildman–Crippen LogP) is 2.61. The average molecular weight is 242 g/mol. The average Bonchev–Trinajstić information content (AvgIpc) is 3.09. The summed E-state index contributed by atoms with van der Waals surface area (Å²) in [5.41, 5.74) is 1.12. The molecule has 0 aromatic heterocycles. The second-order valence-electron chi connectivity index (χ2n) is 3.97. The molecular weight excluding hydrogens is 226 g/mol. The molecule has 0 spiro atoms. The van der Waals surface area contributed by atoms with Gasteiger partial charge in [-0.2, -0.15) is 0 Å². The second-order valence-corrected chi connectivity index (χ2v) is 4.38. The molecule has 3 nitrogen and oxygen atoms in total. The zero-order chi connectivity index (χ0) is 11.5. The summed E-state index contributed by atoms with van der Waals surface area (Å²) in [6, 6.07) is 4.56. The smallest absolute Gasteiger partial charge is 0.179 e. The minimum atomic E-state index is 0.592. The number of methoxy groups -OCH3 is 2. The lowest BCUT2D eigenvalue weighted by Gasteiger charge is -2.12. The lowest BCUT2D eigenvalue weighted by atomic mass is 10.2. The maximum absolute atomic E-state index is 6.11. The third-order valence-electron chi connectivity index (χ3n) is 2.67. The van der Waals surface area contributed by atoms with Gasteiger partial charge >= 0.3 is 0 Å². The lowest BCUT2D eigenvalue weighted by Crippen LogP contribution is -2.15. The Bertz CT molecular complexity index is 378. The molecule has 1 aromatic carbocycles. The molecule has 88 valence electrons. The molecule has 1 saturated carbocycles. The summed E-state index contributed by atoms with van der Waals surface area (Å²) >= 11 is 6.11. The summed E-state index contributed by atoms with van der Waals surface area (Å²) in [6.07, 6.45) is 2.56. The van der Waals surface area contributed by atoms with E-state index in [4.69, 9.17) is 21.1 Å². The minimum absolute atomic E-state index is 0.592. The fraction of sp³-hybridized carbons (Fsp3) is 0.500. The van der Waals surface area contributed by atoms with Crippen molar-refractivity contribution in [3.05, 3.63) is 22.7 Å². The van der Waals surface area contributed by atoms with Crippen LogP contribution in [0.3, 0.4) is 0 Å². The van der Waals surface area contributed by atoms with Crippen molar-refractivity contribution in [1.82, 2.24) is 5.32 Å². The van der Waals surface area contributed by atoms with Crippen LogP contribution in [-0.2, 0) is 6.54 Å². The van der Waals surface area contributed by atoms with Gasteiger partial charge in [-0.3, -0.25) is 0 Å². The zero-order valence-corrected chi connectivity index (χ0v) is 10.3. The predicted molar refractivity (Wildman–Crippen MR) is 64.4 cm³/mol. The number of benzene rings is 1. The Balaban J connectivity index is 2.15. The van der Waals surface area contributed by atoms with E-state index in [1.165, 1.54) is 12.8 Å². The number of halogens is 1. The molecule has 2 rings (SSSR count). The molecule has 1 fully saturated rings. The van der Waals surface area contributed by atoms with E-state index in [1.54, 1.807) is 14.2 Å². The highest BCUT2D eigenvalue weighted by Gasteiger charge is 2.20. The Labute approximate surface area is 101 Å². The highest BCUT2D eigenvalue weighted by molar-refractivity contribution is 6.32. The summed E-state index contributed by atoms with van der Waals surface area (Å²) in [6.45, 7) is 0.824. The van der Waals surface area contributed by atoms with Crippen LogP contribution in [0.25, 0.3) is 0 Å². The third kappa shape index (κ3) is 2.60. The van der Waals surface area contributed by atoms with E-state index in [0.717, 1.165) is 12.1 Å². The minimum Gasteiger partial charge on any atom is -0.493 e. The van der Waals surface area contributed by atoms with Gasteiger partial charge in [0.05, 0.1) is 19.2 Å². The number of ether oxygens (including phenoxy) is 2. The van der Waals surface area contributed by atoms with Gasteiger partial charge in [-0.15, -0.1) is 0 Å². The zero-order valence-electron chi connectivity index (χ0n) is 9.55. The van der Waals surface area contributed by atoms with E-state index in [2.05, 4.69) is 5.32 Å². The van der Waals surface area contributed by atoms with Crippen molar-refractivity contribution in [1.29, 1.82) is 0 Å². The SMILES string of the molecule is COc1cc(CNC2CC2)cc(Cl)c1OC. The van der Waals surface area contributed by atoms with Crippen LogP contribution in [0.15, 0.2) is 12.1 Å². The highest BCUT2D eigenvalue weighted by atomic mass is 35.5. The molecular formula is C12H16ClNO2. The van der Waals surface area contributed by atoms with Crippen LogP contribution in [0.4, 0.5) is 0 Å². The first-order valence-electron chi connectivity index (χ1n) is 5.38. The van der Waals surface area contributed by atoms with E-state index < -0.39 is 0 Å². The van der Waals surface area contributed by atoms with E-state index >= 15 is 0 Å². The van der Waals surface area contributed by atoms with Crippen molar-refractivity contribution in [2.24, 2.45) is 0 Å². The maximum atomic E-state index is 6.11. The monoisotopic (exact) mass is 241 g/mol. The Morgan fingerprint density at radius 2 is 2.06 bits per heavy atom. The van der Waals surface area contributed by atoms with Gasteiger partial charge in [0.2, 0.25) is 0 Å². The van der Waals surface area contributed by atoms with Crippen LogP contribution >= 0.6 is 11.6 Å². The van der Waals surface area contributed by atoms with Gasteiger partial charge in [-0.1, -0.05) is 11.6 Å². The number of hydrogen-bond acceptors (Lipinski definition) is 3. The van der Waals surface area contributed by atoms with Crippen LogP contribution in [-0.4, -0.2) is 20.3 Å². The lowest BCUT2D eigenvalue weighted by molar-refractivity contribution is 0.354. The molecule has 1 aliphatic carbocycles. The summed E-state index contributed by atoms with van der Waals surface area (Å²) < 4.78 is 10.4. The van der Waals surface area contributed by atoms with Gasteiger partial charge in [0.25, 0.3) is 0 Å². The normalized spacial score (nSPS) is 14.9. The Hall–Kier alpha value is -0.930. The van der Waals surface area contributed by atoms with Crippen LogP contribution in [0.1, 0.15) is 18.4 Å². The summed E-state index contributed by atoms with van der Waals surface area (Å²) in [5.74, 6) is 1.28. The highest BCUT2D eigenvalue weighted by Crippen LogP contribution is 2.36. The molecule has 4 heteroatoms. The maximum Gasteiger partial charge on any atom is 0.179 e. The van der Waals surface area contributed by atoms with E-state index in [0.29, 0.717) is 22.6 Å². The number of rotatable bonds is 5. The Morgan fingerprint density at radius 1 is 1.31 bits per heavy atom. The van der Waals surface area contributed by atoms with Crippen LogP contribution in [0, 0.1) is 0 Å². The Kier molecular flexibility index (Phi) is 3.56. The molecule has 0 saturated heterocycles. The van der Waals surface area contributed by atoms with Crippen molar-refractivity contribution in [3.8, 4) is 11.5 Å². The molecule has 0 bridgehead atoms. The fourth-order valence-electron chi connectivity index (χ4n) is 1.62. The third-order valence-corrected chi connectivity index (χ3v) is 2.95. The van der Waals surface area contributed by atoms with E-state index in [1.807, 2.05) is 12.1 Å².